The Balaban J connectivity index is 2.18. The van der Waals surface area contributed by atoms with E-state index in [9.17, 15) is 8.42 Å². The van der Waals surface area contributed by atoms with Crippen LogP contribution < -0.4 is 5.32 Å². The normalized spacial score (nSPS) is 20.3. The van der Waals surface area contributed by atoms with E-state index < -0.39 is 10.0 Å². The Morgan fingerprint density at radius 1 is 1.45 bits per heavy atom. The summed E-state index contributed by atoms with van der Waals surface area (Å²) in [6.45, 7) is 4.25. The fraction of sp³-hybridized carbons (Fsp3) is 0.571. The molecule has 1 atom stereocenters. The molecular weight excluding hydrogens is 296 g/mol. The van der Waals surface area contributed by atoms with E-state index in [0.717, 1.165) is 31.5 Å². The quantitative estimate of drug-likeness (QED) is 0.927. The number of nitrogens with one attached hydrogen (secondary N) is 1. The van der Waals surface area contributed by atoms with Crippen molar-refractivity contribution < 1.29 is 8.42 Å². The summed E-state index contributed by atoms with van der Waals surface area (Å²) < 4.78 is 26.7. The molecular formula is C14H21ClN2O2S. The highest BCUT2D eigenvalue weighted by atomic mass is 35.5. The predicted octanol–water partition coefficient (Wildman–Crippen LogP) is 2.27. The van der Waals surface area contributed by atoms with E-state index in [-0.39, 0.29) is 0 Å². The third-order valence-corrected chi connectivity index (χ3v) is 5.95. The van der Waals surface area contributed by atoms with Crippen LogP contribution in [0.5, 0.6) is 0 Å². The van der Waals surface area contributed by atoms with Crippen molar-refractivity contribution in [2.75, 3.05) is 26.7 Å². The predicted molar refractivity (Wildman–Crippen MR) is 81.6 cm³/mol. The minimum absolute atomic E-state index is 0.302. The van der Waals surface area contributed by atoms with Gasteiger partial charge in [-0.05, 0) is 56.5 Å². The first-order valence-corrected chi connectivity index (χ1v) is 8.66. The van der Waals surface area contributed by atoms with Crippen LogP contribution in [0.15, 0.2) is 23.1 Å². The van der Waals surface area contributed by atoms with Gasteiger partial charge in [0.15, 0.2) is 0 Å². The summed E-state index contributed by atoms with van der Waals surface area (Å²) in [4.78, 5) is 0.302. The molecule has 1 aromatic carbocycles. The first-order valence-electron chi connectivity index (χ1n) is 6.84. The number of halogens is 1. The van der Waals surface area contributed by atoms with E-state index in [4.69, 9.17) is 11.6 Å². The average molecular weight is 317 g/mol. The molecule has 1 fully saturated rings. The summed E-state index contributed by atoms with van der Waals surface area (Å²) in [7, 11) is -1.83. The van der Waals surface area contributed by atoms with Gasteiger partial charge in [0.1, 0.15) is 0 Å². The lowest BCUT2D eigenvalue weighted by atomic mass is 10.00. The number of nitrogens with zero attached hydrogens (tertiary/aromatic N) is 1. The molecule has 1 unspecified atom stereocenters. The van der Waals surface area contributed by atoms with Gasteiger partial charge in [-0.2, -0.15) is 0 Å². The molecule has 20 heavy (non-hydrogen) atoms. The minimum atomic E-state index is -3.47. The molecule has 1 heterocycles. The van der Waals surface area contributed by atoms with Gasteiger partial charge in [-0.1, -0.05) is 17.7 Å². The molecule has 4 nitrogen and oxygen atoms in total. The van der Waals surface area contributed by atoms with Crippen LogP contribution in [-0.4, -0.2) is 39.4 Å². The lowest BCUT2D eigenvalue weighted by Crippen LogP contribution is -2.39. The van der Waals surface area contributed by atoms with Gasteiger partial charge >= 0.3 is 0 Å². The zero-order valence-corrected chi connectivity index (χ0v) is 13.5. The van der Waals surface area contributed by atoms with Crippen LogP contribution in [0.3, 0.4) is 0 Å². The Bertz CT molecular complexity index is 569. The number of aryl methyl sites for hydroxylation is 1. The van der Waals surface area contributed by atoms with E-state index in [2.05, 4.69) is 5.32 Å². The van der Waals surface area contributed by atoms with E-state index in [1.54, 1.807) is 26.1 Å². The maximum atomic E-state index is 12.6. The Kier molecular flexibility index (Phi) is 5.07. The molecule has 1 N–H and O–H groups in total. The standard InChI is InChI=1S/C14H21ClN2O2S/c1-11-5-6-13(15)8-14(11)20(18,19)17(2)10-12-4-3-7-16-9-12/h5-6,8,12,16H,3-4,7,9-10H2,1-2H3. The molecule has 0 aliphatic carbocycles. The number of rotatable bonds is 4. The molecule has 2 rings (SSSR count). The maximum absolute atomic E-state index is 12.6. The Morgan fingerprint density at radius 3 is 2.85 bits per heavy atom. The van der Waals surface area contributed by atoms with Crippen molar-refractivity contribution in [3.05, 3.63) is 28.8 Å². The summed E-state index contributed by atoms with van der Waals surface area (Å²) in [6.07, 6.45) is 2.18. The lowest BCUT2D eigenvalue weighted by molar-refractivity contribution is 0.314. The monoisotopic (exact) mass is 316 g/mol. The molecule has 1 aliphatic rings. The fourth-order valence-electron chi connectivity index (χ4n) is 2.56. The summed E-state index contributed by atoms with van der Waals surface area (Å²) in [5.74, 6) is 0.378. The van der Waals surface area contributed by atoms with Crippen molar-refractivity contribution >= 4 is 21.6 Å². The minimum Gasteiger partial charge on any atom is -0.316 e. The van der Waals surface area contributed by atoms with Crippen molar-refractivity contribution in [3.8, 4) is 0 Å². The molecule has 0 aromatic heterocycles. The van der Waals surface area contributed by atoms with E-state index in [1.165, 1.54) is 10.4 Å². The topological polar surface area (TPSA) is 49.4 Å². The number of hydrogen-bond donors (Lipinski definition) is 1. The summed E-state index contributed by atoms with van der Waals surface area (Å²) >= 11 is 5.93. The zero-order chi connectivity index (χ0) is 14.8. The van der Waals surface area contributed by atoms with Crippen LogP contribution >= 0.6 is 11.6 Å². The molecule has 1 aliphatic heterocycles. The third-order valence-electron chi connectivity index (χ3n) is 3.75. The summed E-state index contributed by atoms with van der Waals surface area (Å²) in [6, 6.07) is 4.98. The van der Waals surface area contributed by atoms with Crippen molar-refractivity contribution in [1.82, 2.24) is 9.62 Å². The van der Waals surface area contributed by atoms with Gasteiger partial charge in [0.05, 0.1) is 4.90 Å². The van der Waals surface area contributed by atoms with Gasteiger partial charge in [-0.15, -0.1) is 0 Å². The smallest absolute Gasteiger partial charge is 0.243 e. The first kappa shape index (κ1) is 15.8. The number of hydrogen-bond acceptors (Lipinski definition) is 3. The van der Waals surface area contributed by atoms with E-state index in [1.807, 2.05) is 0 Å². The van der Waals surface area contributed by atoms with Gasteiger partial charge in [-0.25, -0.2) is 12.7 Å². The Hall–Kier alpha value is -0.620. The third kappa shape index (κ3) is 3.52. The zero-order valence-electron chi connectivity index (χ0n) is 11.9. The molecule has 0 spiro atoms. The van der Waals surface area contributed by atoms with Gasteiger partial charge in [0, 0.05) is 18.6 Å². The Morgan fingerprint density at radius 2 is 2.20 bits per heavy atom. The highest BCUT2D eigenvalue weighted by Crippen LogP contribution is 2.24. The first-order chi connectivity index (χ1) is 9.41. The van der Waals surface area contributed by atoms with Crippen molar-refractivity contribution in [2.45, 2.75) is 24.7 Å². The van der Waals surface area contributed by atoms with Crippen LogP contribution in [0.2, 0.25) is 5.02 Å². The van der Waals surface area contributed by atoms with Crippen LogP contribution in [0.4, 0.5) is 0 Å². The molecule has 6 heteroatoms. The van der Waals surface area contributed by atoms with Gasteiger partial charge in [0.25, 0.3) is 0 Å². The van der Waals surface area contributed by atoms with Gasteiger partial charge < -0.3 is 5.32 Å². The Labute approximate surface area is 126 Å². The number of benzene rings is 1. The summed E-state index contributed by atoms with van der Waals surface area (Å²) in [5.41, 5.74) is 0.725. The van der Waals surface area contributed by atoms with Crippen LogP contribution in [0.25, 0.3) is 0 Å². The van der Waals surface area contributed by atoms with Crippen LogP contribution in [0.1, 0.15) is 18.4 Å². The van der Waals surface area contributed by atoms with Crippen molar-refractivity contribution in [3.63, 3.8) is 0 Å². The van der Waals surface area contributed by atoms with Gasteiger partial charge in [-0.3, -0.25) is 0 Å². The maximum Gasteiger partial charge on any atom is 0.243 e. The molecule has 0 amide bonds. The van der Waals surface area contributed by atoms with E-state index in [0.29, 0.717) is 22.4 Å². The molecule has 0 bridgehead atoms. The SMILES string of the molecule is Cc1ccc(Cl)cc1S(=O)(=O)N(C)CC1CCCNC1. The second kappa shape index (κ2) is 6.43. The van der Waals surface area contributed by atoms with E-state index >= 15 is 0 Å². The lowest BCUT2D eigenvalue weighted by Gasteiger charge is -2.27. The summed E-state index contributed by atoms with van der Waals surface area (Å²) in [5, 5.41) is 3.76. The molecule has 1 aromatic rings. The second-order valence-corrected chi connectivity index (χ2v) is 7.86. The second-order valence-electron chi connectivity index (χ2n) is 5.41. The van der Waals surface area contributed by atoms with Gasteiger partial charge in [0.2, 0.25) is 10.0 Å². The molecule has 1 saturated heterocycles. The molecule has 0 radical (unpaired) electrons. The number of piperidine rings is 1. The number of sulfonamides is 1. The highest BCUT2D eigenvalue weighted by Gasteiger charge is 2.26. The average Bonchev–Trinajstić information content (AvgIpc) is 2.42. The highest BCUT2D eigenvalue weighted by molar-refractivity contribution is 7.89. The van der Waals surface area contributed by atoms with Crippen molar-refractivity contribution in [2.24, 2.45) is 5.92 Å². The molecule has 0 saturated carbocycles. The fourth-order valence-corrected chi connectivity index (χ4v) is 4.29. The van der Waals surface area contributed by atoms with Crippen molar-refractivity contribution in [1.29, 1.82) is 0 Å². The molecule has 112 valence electrons. The van der Waals surface area contributed by atoms with Crippen LogP contribution in [-0.2, 0) is 10.0 Å². The van der Waals surface area contributed by atoms with Crippen LogP contribution in [0, 0.1) is 12.8 Å². The largest absolute Gasteiger partial charge is 0.316 e.